The molecule has 2 aromatic rings. The van der Waals surface area contributed by atoms with Gasteiger partial charge in [0.15, 0.2) is 5.82 Å². The zero-order chi connectivity index (χ0) is 12.6. The minimum absolute atomic E-state index is 0.259. The van der Waals surface area contributed by atoms with Gasteiger partial charge in [0.2, 0.25) is 5.89 Å². The number of benzene rings is 1. The standard InChI is InChI=1S/C13H14FN3O/c14-10-4-1-3-9(7-10)8-11-16-12(18-17-11)13(15)5-2-6-13/h1,3-4,7H,2,5-6,8,15H2. The molecular weight excluding hydrogens is 233 g/mol. The van der Waals surface area contributed by atoms with E-state index >= 15 is 0 Å². The Bertz CT molecular complexity index is 563. The van der Waals surface area contributed by atoms with Gasteiger partial charge in [-0.25, -0.2) is 4.39 Å². The highest BCUT2D eigenvalue weighted by molar-refractivity contribution is 5.20. The van der Waals surface area contributed by atoms with Crippen LogP contribution in [0.3, 0.4) is 0 Å². The van der Waals surface area contributed by atoms with Crippen molar-refractivity contribution < 1.29 is 8.91 Å². The van der Waals surface area contributed by atoms with Crippen LogP contribution in [0.4, 0.5) is 4.39 Å². The lowest BCUT2D eigenvalue weighted by Gasteiger charge is -2.33. The van der Waals surface area contributed by atoms with E-state index in [0.717, 1.165) is 24.8 Å². The smallest absolute Gasteiger partial charge is 0.246 e. The predicted molar refractivity (Wildman–Crippen MR) is 63.2 cm³/mol. The first-order valence-electron chi connectivity index (χ1n) is 6.02. The van der Waals surface area contributed by atoms with Crippen LogP contribution in [-0.4, -0.2) is 10.1 Å². The lowest BCUT2D eigenvalue weighted by Crippen LogP contribution is -2.43. The van der Waals surface area contributed by atoms with Gasteiger partial charge >= 0.3 is 0 Å². The van der Waals surface area contributed by atoms with E-state index in [1.165, 1.54) is 12.1 Å². The number of rotatable bonds is 3. The van der Waals surface area contributed by atoms with E-state index in [9.17, 15) is 4.39 Å². The van der Waals surface area contributed by atoms with Gasteiger partial charge in [0.25, 0.3) is 0 Å². The first-order chi connectivity index (χ1) is 8.66. The first kappa shape index (κ1) is 11.3. The highest BCUT2D eigenvalue weighted by atomic mass is 19.1. The molecule has 4 nitrogen and oxygen atoms in total. The molecule has 1 aliphatic carbocycles. The Morgan fingerprint density at radius 2 is 2.22 bits per heavy atom. The largest absolute Gasteiger partial charge is 0.337 e. The molecule has 0 unspecified atom stereocenters. The topological polar surface area (TPSA) is 64.9 Å². The summed E-state index contributed by atoms with van der Waals surface area (Å²) in [5.74, 6) is 0.790. The fraction of sp³-hybridized carbons (Fsp3) is 0.385. The monoisotopic (exact) mass is 247 g/mol. The average molecular weight is 247 g/mol. The molecule has 2 N–H and O–H groups in total. The number of hydrogen-bond donors (Lipinski definition) is 1. The van der Waals surface area contributed by atoms with Gasteiger partial charge in [0.1, 0.15) is 5.82 Å². The summed E-state index contributed by atoms with van der Waals surface area (Å²) < 4.78 is 18.2. The summed E-state index contributed by atoms with van der Waals surface area (Å²) in [4.78, 5) is 4.30. The minimum atomic E-state index is -0.437. The maximum Gasteiger partial charge on any atom is 0.246 e. The van der Waals surface area contributed by atoms with Crippen molar-refractivity contribution in [1.29, 1.82) is 0 Å². The number of nitrogens with zero attached hydrogens (tertiary/aromatic N) is 2. The van der Waals surface area contributed by atoms with Crippen molar-refractivity contribution in [3.05, 3.63) is 47.4 Å². The van der Waals surface area contributed by atoms with Crippen LogP contribution in [0.1, 0.15) is 36.5 Å². The van der Waals surface area contributed by atoms with E-state index in [-0.39, 0.29) is 5.82 Å². The number of halogens is 1. The summed E-state index contributed by atoms with van der Waals surface area (Å²) in [6.07, 6.45) is 3.32. The maximum atomic E-state index is 13.0. The van der Waals surface area contributed by atoms with E-state index in [4.69, 9.17) is 10.3 Å². The van der Waals surface area contributed by atoms with Crippen molar-refractivity contribution in [3.8, 4) is 0 Å². The maximum absolute atomic E-state index is 13.0. The van der Waals surface area contributed by atoms with Crippen LogP contribution in [0.25, 0.3) is 0 Å². The van der Waals surface area contributed by atoms with Gasteiger partial charge in [-0.3, -0.25) is 0 Å². The SMILES string of the molecule is NC1(c2nc(Cc3cccc(F)c3)no2)CCC1. The molecule has 0 saturated heterocycles. The summed E-state index contributed by atoms with van der Waals surface area (Å²) >= 11 is 0. The van der Waals surface area contributed by atoms with Crippen molar-refractivity contribution in [2.24, 2.45) is 5.73 Å². The summed E-state index contributed by atoms with van der Waals surface area (Å²) in [6.45, 7) is 0. The molecule has 0 aliphatic heterocycles. The molecule has 0 bridgehead atoms. The molecule has 1 heterocycles. The van der Waals surface area contributed by atoms with E-state index in [2.05, 4.69) is 10.1 Å². The van der Waals surface area contributed by atoms with Gasteiger partial charge in [-0.15, -0.1) is 0 Å². The Hall–Kier alpha value is -1.75. The van der Waals surface area contributed by atoms with Gasteiger partial charge in [-0.2, -0.15) is 4.98 Å². The lowest BCUT2D eigenvalue weighted by atomic mass is 9.78. The van der Waals surface area contributed by atoms with E-state index in [1.807, 2.05) is 6.07 Å². The van der Waals surface area contributed by atoms with Gasteiger partial charge in [0.05, 0.1) is 5.54 Å². The third-order valence-corrected chi connectivity index (χ3v) is 3.39. The van der Waals surface area contributed by atoms with Crippen molar-refractivity contribution in [1.82, 2.24) is 10.1 Å². The van der Waals surface area contributed by atoms with Gasteiger partial charge in [-0.05, 0) is 37.0 Å². The molecule has 0 radical (unpaired) electrons. The Balaban J connectivity index is 1.78. The first-order valence-corrected chi connectivity index (χ1v) is 6.02. The molecule has 18 heavy (non-hydrogen) atoms. The van der Waals surface area contributed by atoms with Crippen LogP contribution in [0, 0.1) is 5.82 Å². The van der Waals surface area contributed by atoms with Gasteiger partial charge in [-0.1, -0.05) is 17.3 Å². The second kappa shape index (κ2) is 4.17. The third kappa shape index (κ3) is 2.01. The second-order valence-corrected chi connectivity index (χ2v) is 4.83. The lowest BCUT2D eigenvalue weighted by molar-refractivity contribution is 0.181. The summed E-state index contributed by atoms with van der Waals surface area (Å²) in [5.41, 5.74) is 6.48. The quantitative estimate of drug-likeness (QED) is 0.902. The van der Waals surface area contributed by atoms with Gasteiger partial charge in [0, 0.05) is 6.42 Å². The normalized spacial score (nSPS) is 17.4. The predicted octanol–water partition coefficient (Wildman–Crippen LogP) is 2.14. The Morgan fingerprint density at radius 1 is 1.39 bits per heavy atom. The van der Waals surface area contributed by atoms with Crippen molar-refractivity contribution >= 4 is 0 Å². The third-order valence-electron chi connectivity index (χ3n) is 3.39. The highest BCUT2D eigenvalue weighted by Gasteiger charge is 2.39. The van der Waals surface area contributed by atoms with Crippen LogP contribution in [0.5, 0.6) is 0 Å². The van der Waals surface area contributed by atoms with E-state index in [0.29, 0.717) is 18.1 Å². The fourth-order valence-electron chi connectivity index (χ4n) is 2.13. The molecule has 0 amide bonds. The van der Waals surface area contributed by atoms with Crippen LogP contribution in [0.2, 0.25) is 0 Å². The number of nitrogens with two attached hydrogens (primary N) is 1. The number of hydrogen-bond acceptors (Lipinski definition) is 4. The molecule has 3 rings (SSSR count). The van der Waals surface area contributed by atoms with Crippen LogP contribution in [0.15, 0.2) is 28.8 Å². The molecular formula is C13H14FN3O. The molecule has 0 spiro atoms. The van der Waals surface area contributed by atoms with Crippen molar-refractivity contribution in [2.75, 3.05) is 0 Å². The molecule has 0 atom stereocenters. The summed E-state index contributed by atoms with van der Waals surface area (Å²) in [7, 11) is 0. The Kier molecular flexibility index (Phi) is 2.63. The molecule has 1 aliphatic rings. The summed E-state index contributed by atoms with van der Waals surface area (Å²) in [6, 6.07) is 6.38. The molecule has 1 aromatic carbocycles. The molecule has 1 aromatic heterocycles. The molecule has 1 saturated carbocycles. The van der Waals surface area contributed by atoms with Gasteiger partial charge < -0.3 is 10.3 Å². The zero-order valence-electron chi connectivity index (χ0n) is 9.90. The highest BCUT2D eigenvalue weighted by Crippen LogP contribution is 2.37. The Labute approximate surface area is 104 Å². The average Bonchev–Trinajstić information content (AvgIpc) is 2.75. The summed E-state index contributed by atoms with van der Waals surface area (Å²) in [5, 5.41) is 3.90. The number of aromatic nitrogens is 2. The van der Waals surface area contributed by atoms with E-state index in [1.54, 1.807) is 6.07 Å². The second-order valence-electron chi connectivity index (χ2n) is 4.83. The molecule has 94 valence electrons. The zero-order valence-corrected chi connectivity index (χ0v) is 9.90. The molecule has 1 fully saturated rings. The van der Waals surface area contributed by atoms with Crippen LogP contribution < -0.4 is 5.73 Å². The van der Waals surface area contributed by atoms with Crippen molar-refractivity contribution in [3.63, 3.8) is 0 Å². The Morgan fingerprint density at radius 3 is 2.89 bits per heavy atom. The fourth-order valence-corrected chi connectivity index (χ4v) is 2.13. The molecule has 5 heteroatoms. The minimum Gasteiger partial charge on any atom is -0.337 e. The van der Waals surface area contributed by atoms with E-state index < -0.39 is 5.54 Å². The van der Waals surface area contributed by atoms with Crippen molar-refractivity contribution in [2.45, 2.75) is 31.2 Å². The van der Waals surface area contributed by atoms with Crippen LogP contribution in [-0.2, 0) is 12.0 Å². The van der Waals surface area contributed by atoms with Crippen LogP contribution >= 0.6 is 0 Å².